The van der Waals surface area contributed by atoms with Crippen LogP contribution >= 0.6 is 22.6 Å². The average molecular weight is 1040 g/mol. The molecular formula is C58H44BIO10. The molecule has 4 aromatic heterocycles. The summed E-state index contributed by atoms with van der Waals surface area (Å²) in [5.41, 5.74) is 9.24. The number of rotatable bonds is 4. The summed E-state index contributed by atoms with van der Waals surface area (Å²) in [7, 11) is 2.39. The standard InChI is InChI=1S/C26H16O4.C18H19BO3.C14H9IO3/c1-28-26(27)19-14-13-16-15-7-2-4-10-20(15)30-25(16)24(19)18-9-6-12-22-23(18)17-8-3-5-11-21(17)29-22;1-17(2)18(3,4)22-19(21-17)13-9-7-11-15-16(13)12-8-5-6-10-14(12)20-15;1-17-14(16)10-7-6-9-8-4-2-3-5-11(8)18-13(9)12(10)15/h2-14H,1H3;5-11H,1-4H3;2-7H,1H3. The minimum Gasteiger partial charge on any atom is -0.465 e. The highest BCUT2D eigenvalue weighted by molar-refractivity contribution is 14.1. The molecule has 13 rings (SSSR count). The fraction of sp³-hybridized carbons (Fsp3) is 0.138. The van der Waals surface area contributed by atoms with Crippen LogP contribution in [0.2, 0.25) is 0 Å². The first-order chi connectivity index (χ1) is 33.9. The van der Waals surface area contributed by atoms with E-state index in [2.05, 4.69) is 62.4 Å². The summed E-state index contributed by atoms with van der Waals surface area (Å²) in [6, 6.07) is 51.0. The fourth-order valence-electron chi connectivity index (χ4n) is 9.31. The van der Waals surface area contributed by atoms with Crippen molar-refractivity contribution in [2.45, 2.75) is 38.9 Å². The molecule has 0 aliphatic carbocycles. The zero-order valence-corrected chi connectivity index (χ0v) is 41.2. The SMILES string of the molecule is CC1(C)OB(c2cccc3oc4ccccc4c23)OC1(C)C.COC(=O)c1ccc2c(oc3ccccc32)c1-c1cccc2oc3ccccc3c12.COC(=O)c1ccc2c(oc3ccccc32)c1I. The fourth-order valence-corrected chi connectivity index (χ4v) is 10.1. The van der Waals surface area contributed by atoms with Crippen LogP contribution in [0.15, 0.2) is 175 Å². The second kappa shape index (κ2) is 17.5. The molecule has 10 nitrogen and oxygen atoms in total. The van der Waals surface area contributed by atoms with Gasteiger partial charge in [0.1, 0.15) is 44.7 Å². The van der Waals surface area contributed by atoms with E-state index in [4.69, 9.17) is 36.5 Å². The van der Waals surface area contributed by atoms with Crippen LogP contribution < -0.4 is 5.46 Å². The van der Waals surface area contributed by atoms with E-state index in [1.54, 1.807) is 6.07 Å². The van der Waals surface area contributed by atoms with Gasteiger partial charge in [-0.25, -0.2) is 9.59 Å². The number of benzene rings is 8. The van der Waals surface area contributed by atoms with E-state index in [0.29, 0.717) is 22.3 Å². The van der Waals surface area contributed by atoms with E-state index in [1.807, 2.05) is 140 Å². The molecule has 0 unspecified atom stereocenters. The number of hydrogen-bond donors (Lipinski definition) is 0. The minimum atomic E-state index is -0.405. The van der Waals surface area contributed by atoms with Crippen LogP contribution in [0, 0.1) is 3.57 Å². The Morgan fingerprint density at radius 1 is 0.443 bits per heavy atom. The number of hydrogen-bond acceptors (Lipinski definition) is 10. The number of furan rings is 4. The lowest BCUT2D eigenvalue weighted by Crippen LogP contribution is -2.41. The number of methoxy groups -OCH3 is 2. The molecule has 1 aliphatic heterocycles. The van der Waals surface area contributed by atoms with Gasteiger partial charge in [-0.05, 0) is 122 Å². The summed E-state index contributed by atoms with van der Waals surface area (Å²) >= 11 is 2.12. The zero-order chi connectivity index (χ0) is 48.5. The Morgan fingerprint density at radius 3 is 1.44 bits per heavy atom. The van der Waals surface area contributed by atoms with Crippen molar-refractivity contribution in [3.05, 3.63) is 172 Å². The molecule has 70 heavy (non-hydrogen) atoms. The largest absolute Gasteiger partial charge is 0.495 e. The van der Waals surface area contributed by atoms with Crippen molar-refractivity contribution >= 4 is 135 Å². The quantitative estimate of drug-likeness (QED) is 0.0956. The van der Waals surface area contributed by atoms with E-state index >= 15 is 0 Å². The van der Waals surface area contributed by atoms with Crippen LogP contribution in [-0.2, 0) is 18.8 Å². The number of carbonyl (C=O) groups excluding carboxylic acids is 2. The van der Waals surface area contributed by atoms with E-state index in [-0.39, 0.29) is 24.3 Å². The number of para-hydroxylation sites is 4. The molecule has 0 spiro atoms. The molecule has 12 heteroatoms. The Kier molecular flexibility index (Phi) is 11.3. The van der Waals surface area contributed by atoms with Crippen LogP contribution in [-0.4, -0.2) is 44.5 Å². The van der Waals surface area contributed by atoms with Gasteiger partial charge in [-0.2, -0.15) is 0 Å². The highest BCUT2D eigenvalue weighted by Crippen LogP contribution is 2.44. The minimum absolute atomic E-state index is 0.346. The second-order valence-corrected chi connectivity index (χ2v) is 19.1. The van der Waals surface area contributed by atoms with E-state index in [1.165, 1.54) is 14.2 Å². The van der Waals surface area contributed by atoms with E-state index < -0.39 is 5.97 Å². The third kappa shape index (κ3) is 7.49. The van der Waals surface area contributed by atoms with Gasteiger partial charge < -0.3 is 36.5 Å². The van der Waals surface area contributed by atoms with Crippen LogP contribution in [0.25, 0.3) is 98.9 Å². The van der Waals surface area contributed by atoms with Crippen molar-refractivity contribution in [1.82, 2.24) is 0 Å². The third-order valence-electron chi connectivity index (χ3n) is 13.5. The van der Waals surface area contributed by atoms with E-state index in [0.717, 1.165) is 96.8 Å². The van der Waals surface area contributed by atoms with Gasteiger partial charge >= 0.3 is 19.1 Å². The predicted octanol–water partition coefficient (Wildman–Crippen LogP) is 14.8. The highest BCUT2D eigenvalue weighted by atomic mass is 127. The zero-order valence-electron chi connectivity index (χ0n) is 39.0. The van der Waals surface area contributed by atoms with Crippen LogP contribution in [0.3, 0.4) is 0 Å². The molecule has 5 heterocycles. The van der Waals surface area contributed by atoms with Gasteiger partial charge in [-0.3, -0.25) is 0 Å². The summed E-state index contributed by atoms with van der Waals surface area (Å²) < 4.78 is 47.2. The number of halogens is 1. The Morgan fingerprint density at radius 2 is 0.871 bits per heavy atom. The van der Waals surface area contributed by atoms with Crippen LogP contribution in [0.4, 0.5) is 0 Å². The molecule has 1 fully saturated rings. The summed E-state index contributed by atoms with van der Waals surface area (Å²) in [6.45, 7) is 8.28. The smallest absolute Gasteiger partial charge is 0.465 e. The van der Waals surface area contributed by atoms with Crippen LogP contribution in [0.1, 0.15) is 48.4 Å². The van der Waals surface area contributed by atoms with Crippen molar-refractivity contribution in [2.24, 2.45) is 0 Å². The summed E-state index contributed by atoms with van der Waals surface area (Å²) in [5.74, 6) is -0.751. The van der Waals surface area contributed by atoms with Crippen LogP contribution in [0.5, 0.6) is 0 Å². The number of esters is 2. The maximum absolute atomic E-state index is 12.7. The Hall–Kier alpha value is -7.39. The van der Waals surface area contributed by atoms with Crippen molar-refractivity contribution in [1.29, 1.82) is 0 Å². The monoisotopic (exact) mass is 1040 g/mol. The van der Waals surface area contributed by atoms with Crippen molar-refractivity contribution in [3.8, 4) is 11.1 Å². The van der Waals surface area contributed by atoms with E-state index in [9.17, 15) is 9.59 Å². The Bertz CT molecular complexity index is 4010. The van der Waals surface area contributed by atoms with Crippen molar-refractivity contribution in [2.75, 3.05) is 14.2 Å². The Balaban J connectivity index is 0.000000119. The summed E-state index contributed by atoms with van der Waals surface area (Å²) in [5, 5.41) is 8.16. The molecule has 0 radical (unpaired) electrons. The second-order valence-electron chi connectivity index (χ2n) is 18.0. The lowest BCUT2D eigenvalue weighted by molar-refractivity contribution is 0.00578. The van der Waals surface area contributed by atoms with Crippen molar-refractivity contribution in [3.63, 3.8) is 0 Å². The highest BCUT2D eigenvalue weighted by Gasteiger charge is 2.52. The maximum atomic E-state index is 12.7. The number of ether oxygens (including phenoxy) is 2. The van der Waals surface area contributed by atoms with Gasteiger partial charge in [0.25, 0.3) is 0 Å². The van der Waals surface area contributed by atoms with Gasteiger partial charge in [0.2, 0.25) is 0 Å². The lowest BCUT2D eigenvalue weighted by atomic mass is 9.76. The van der Waals surface area contributed by atoms with Gasteiger partial charge in [0, 0.05) is 48.7 Å². The third-order valence-corrected chi connectivity index (χ3v) is 14.5. The molecule has 1 aliphatic rings. The molecule has 0 saturated carbocycles. The molecule has 0 bridgehead atoms. The number of carbonyl (C=O) groups is 2. The number of fused-ring (bicyclic) bond motifs is 12. The topological polar surface area (TPSA) is 124 Å². The molecule has 1 saturated heterocycles. The molecule has 0 amide bonds. The van der Waals surface area contributed by atoms with Gasteiger partial charge in [-0.15, -0.1) is 0 Å². The molecule has 0 N–H and O–H groups in total. The molecule has 8 aromatic carbocycles. The molecule has 0 atom stereocenters. The first-order valence-corrected chi connectivity index (χ1v) is 23.8. The normalized spacial score (nSPS) is 14.1. The van der Waals surface area contributed by atoms with Crippen molar-refractivity contribution < 1.29 is 46.0 Å². The summed E-state index contributed by atoms with van der Waals surface area (Å²) in [6.07, 6.45) is 0. The summed E-state index contributed by atoms with van der Waals surface area (Å²) in [4.78, 5) is 24.3. The van der Waals surface area contributed by atoms with Gasteiger partial charge in [0.15, 0.2) is 0 Å². The molecule has 346 valence electrons. The van der Waals surface area contributed by atoms with Gasteiger partial charge in [-0.1, -0.05) is 97.1 Å². The molecular weight excluding hydrogens is 994 g/mol. The van der Waals surface area contributed by atoms with Gasteiger partial charge in [0.05, 0.1) is 40.1 Å². The maximum Gasteiger partial charge on any atom is 0.495 e. The lowest BCUT2D eigenvalue weighted by Gasteiger charge is -2.32. The predicted molar refractivity (Wildman–Crippen MR) is 285 cm³/mol. The first-order valence-electron chi connectivity index (χ1n) is 22.7. The molecule has 12 aromatic rings. The first kappa shape index (κ1) is 45.1. The Labute approximate surface area is 415 Å². The average Bonchev–Trinajstić information content (AvgIpc) is 4.19.